The molecule has 4 heteroatoms. The van der Waals surface area contributed by atoms with Crippen molar-refractivity contribution >= 4 is 22.4 Å². The molecule has 0 aromatic carbocycles. The van der Waals surface area contributed by atoms with Gasteiger partial charge in [-0.15, -0.1) is 0 Å². The van der Waals surface area contributed by atoms with Crippen LogP contribution in [0.5, 0.6) is 0 Å². The number of carbonyl (C=O) groups is 1. The second kappa shape index (κ2) is 11.5. The smallest absolute Gasteiger partial charge is 0.293 e. The number of likely N-dealkylation sites (tertiary alicyclic amines) is 1. The maximum atomic E-state index is 9.60. The van der Waals surface area contributed by atoms with Gasteiger partial charge in [0.1, 0.15) is 5.60 Å². The number of fused-ring (bicyclic) bond motifs is 1. The van der Waals surface area contributed by atoms with Gasteiger partial charge in [-0.1, -0.05) is 36.4 Å². The van der Waals surface area contributed by atoms with Crippen LogP contribution in [0.15, 0.2) is 11.6 Å². The number of piperidine rings is 1. The summed E-state index contributed by atoms with van der Waals surface area (Å²) in [5, 5.41) is 0. The molecule has 2 atom stereocenters. The Morgan fingerprint density at radius 2 is 1.63 bits per heavy atom. The van der Waals surface area contributed by atoms with E-state index in [1.54, 1.807) is 4.99 Å². The minimum absolute atomic E-state index is 0.318. The molecule has 2 aliphatic rings. The largest absolute Gasteiger partial charge is 0.462 e. The lowest BCUT2D eigenvalue weighted by Crippen LogP contribution is -2.17. The average molecular weight is 336 g/mol. The highest BCUT2D eigenvalue weighted by Crippen LogP contribution is 2.43. The third kappa shape index (κ3) is 13.9. The summed E-state index contributed by atoms with van der Waals surface area (Å²) in [6, 6.07) is 0. The standard InChI is InChI=1S/C6H11N.C5H10O2.C2H3Br.C2H6/c1-7-3-5-2-6(5)4-7;1-5(2,3)7-4-6;1-2-3;1-2/h5-6H,2-4H2,1H3;4H,1-3H3;2H,1H2;1-2H3. The Labute approximate surface area is 127 Å². The fourth-order valence-electron chi connectivity index (χ4n) is 1.78. The van der Waals surface area contributed by atoms with Crippen molar-refractivity contribution in [3.05, 3.63) is 11.6 Å². The van der Waals surface area contributed by atoms with Crippen LogP contribution >= 0.6 is 15.9 Å². The first kappa shape index (κ1) is 21.0. The molecule has 2 unspecified atom stereocenters. The van der Waals surface area contributed by atoms with Crippen LogP contribution in [0.25, 0.3) is 0 Å². The Kier molecular flexibility index (Phi) is 12.7. The van der Waals surface area contributed by atoms with Gasteiger partial charge in [-0.3, -0.25) is 4.79 Å². The second-order valence-corrected chi connectivity index (χ2v) is 6.11. The summed E-state index contributed by atoms with van der Waals surface area (Å²) in [5.74, 6) is 2.23. The van der Waals surface area contributed by atoms with Crippen LogP contribution in [0.2, 0.25) is 0 Å². The molecule has 0 spiro atoms. The van der Waals surface area contributed by atoms with Crippen LogP contribution in [0.4, 0.5) is 0 Å². The molecule has 2 rings (SSSR count). The number of halogens is 1. The van der Waals surface area contributed by atoms with E-state index in [1.807, 2.05) is 34.6 Å². The van der Waals surface area contributed by atoms with Gasteiger partial charge in [0, 0.05) is 13.1 Å². The normalized spacial score (nSPS) is 23.1. The van der Waals surface area contributed by atoms with Crippen LogP contribution in [0.3, 0.4) is 0 Å². The van der Waals surface area contributed by atoms with Crippen molar-refractivity contribution in [3.63, 3.8) is 0 Å². The fraction of sp³-hybridized carbons (Fsp3) is 0.800. The zero-order valence-electron chi connectivity index (χ0n) is 13.3. The molecule has 0 amide bonds. The van der Waals surface area contributed by atoms with Crippen molar-refractivity contribution < 1.29 is 9.53 Å². The van der Waals surface area contributed by atoms with Gasteiger partial charge in [0.25, 0.3) is 6.47 Å². The molecular formula is C15H30BrNO2. The number of ether oxygens (including phenoxy) is 1. The van der Waals surface area contributed by atoms with Crippen LogP contribution in [-0.4, -0.2) is 37.1 Å². The van der Waals surface area contributed by atoms with Gasteiger partial charge in [0.15, 0.2) is 0 Å². The molecule has 3 nitrogen and oxygen atoms in total. The van der Waals surface area contributed by atoms with Crippen LogP contribution in [0, 0.1) is 11.8 Å². The second-order valence-electron chi connectivity index (χ2n) is 5.46. The Hall–Kier alpha value is -0.350. The first-order valence-electron chi connectivity index (χ1n) is 6.85. The predicted molar refractivity (Wildman–Crippen MR) is 86.5 cm³/mol. The van der Waals surface area contributed by atoms with Crippen LogP contribution in [0.1, 0.15) is 41.0 Å². The third-order valence-corrected chi connectivity index (χ3v) is 2.56. The van der Waals surface area contributed by atoms with Crippen LogP contribution in [-0.2, 0) is 9.53 Å². The molecule has 2 fully saturated rings. The molecule has 1 heterocycles. The SMILES string of the molecule is C=CBr.CC.CC(C)(C)OC=O.CN1CC2CC2C1. The highest BCUT2D eigenvalue weighted by atomic mass is 79.9. The molecule has 114 valence electrons. The highest BCUT2D eigenvalue weighted by Gasteiger charge is 2.43. The van der Waals surface area contributed by atoms with E-state index in [0.29, 0.717) is 6.47 Å². The van der Waals surface area contributed by atoms with E-state index in [2.05, 4.69) is 39.2 Å². The van der Waals surface area contributed by atoms with Crippen LogP contribution < -0.4 is 0 Å². The third-order valence-electron chi connectivity index (χ3n) is 2.56. The summed E-state index contributed by atoms with van der Waals surface area (Å²) in [5.41, 5.74) is -0.318. The summed E-state index contributed by atoms with van der Waals surface area (Å²) < 4.78 is 4.55. The van der Waals surface area contributed by atoms with E-state index in [-0.39, 0.29) is 5.60 Å². The first-order chi connectivity index (χ1) is 8.84. The van der Waals surface area contributed by atoms with E-state index in [4.69, 9.17) is 0 Å². The lowest BCUT2D eigenvalue weighted by molar-refractivity contribution is -0.138. The maximum Gasteiger partial charge on any atom is 0.293 e. The summed E-state index contributed by atoms with van der Waals surface area (Å²) in [6.45, 7) is 16.0. The topological polar surface area (TPSA) is 29.5 Å². The average Bonchev–Trinajstić information content (AvgIpc) is 2.90. The minimum atomic E-state index is -0.318. The Morgan fingerprint density at radius 1 is 1.26 bits per heavy atom. The molecule has 0 N–H and O–H groups in total. The number of carbonyl (C=O) groups excluding carboxylic acids is 1. The van der Waals surface area contributed by atoms with Gasteiger partial charge in [-0.2, -0.15) is 0 Å². The van der Waals surface area contributed by atoms with Crippen molar-refractivity contribution in [3.8, 4) is 0 Å². The maximum absolute atomic E-state index is 9.60. The Morgan fingerprint density at radius 3 is 1.74 bits per heavy atom. The minimum Gasteiger partial charge on any atom is -0.462 e. The lowest BCUT2D eigenvalue weighted by Gasteiger charge is -2.14. The number of hydrogen-bond acceptors (Lipinski definition) is 3. The first-order valence-corrected chi connectivity index (χ1v) is 7.76. The fourth-order valence-corrected chi connectivity index (χ4v) is 1.78. The molecule has 0 radical (unpaired) electrons. The predicted octanol–water partition coefficient (Wildman–Crippen LogP) is 4.08. The highest BCUT2D eigenvalue weighted by molar-refractivity contribution is 9.11. The van der Waals surface area contributed by atoms with E-state index in [9.17, 15) is 4.79 Å². The van der Waals surface area contributed by atoms with E-state index < -0.39 is 0 Å². The summed E-state index contributed by atoms with van der Waals surface area (Å²) >= 11 is 2.91. The van der Waals surface area contributed by atoms with Crippen molar-refractivity contribution in [1.82, 2.24) is 4.90 Å². The van der Waals surface area contributed by atoms with Crippen molar-refractivity contribution in [2.45, 2.75) is 46.6 Å². The molecular weight excluding hydrogens is 306 g/mol. The van der Waals surface area contributed by atoms with Gasteiger partial charge in [-0.05, 0) is 51.1 Å². The van der Waals surface area contributed by atoms with Gasteiger partial charge >= 0.3 is 0 Å². The van der Waals surface area contributed by atoms with Crippen molar-refractivity contribution in [1.29, 1.82) is 0 Å². The Balaban J connectivity index is 0. The molecule has 1 saturated heterocycles. The van der Waals surface area contributed by atoms with Gasteiger partial charge in [0.2, 0.25) is 0 Å². The summed E-state index contributed by atoms with van der Waals surface area (Å²) in [6.07, 6.45) is 1.53. The molecule has 0 aromatic rings. The number of hydrogen-bond donors (Lipinski definition) is 0. The summed E-state index contributed by atoms with van der Waals surface area (Å²) in [7, 11) is 2.21. The number of rotatable bonds is 1. The zero-order chi connectivity index (χ0) is 15.5. The molecule has 1 aliphatic heterocycles. The quantitative estimate of drug-likeness (QED) is 0.676. The zero-order valence-corrected chi connectivity index (χ0v) is 14.9. The van der Waals surface area contributed by atoms with E-state index in [0.717, 1.165) is 11.8 Å². The molecule has 1 aliphatic carbocycles. The molecule has 19 heavy (non-hydrogen) atoms. The molecule has 0 bridgehead atoms. The Bertz CT molecular complexity index is 229. The lowest BCUT2D eigenvalue weighted by atomic mass is 10.2. The van der Waals surface area contributed by atoms with Gasteiger partial charge in [-0.25, -0.2) is 0 Å². The van der Waals surface area contributed by atoms with Crippen molar-refractivity contribution in [2.75, 3.05) is 20.1 Å². The number of nitrogens with zero attached hydrogens (tertiary/aromatic N) is 1. The monoisotopic (exact) mass is 335 g/mol. The van der Waals surface area contributed by atoms with E-state index in [1.165, 1.54) is 19.5 Å². The molecule has 1 saturated carbocycles. The van der Waals surface area contributed by atoms with Gasteiger partial charge < -0.3 is 9.64 Å². The van der Waals surface area contributed by atoms with Gasteiger partial charge in [0.05, 0.1) is 0 Å². The summed E-state index contributed by atoms with van der Waals surface area (Å²) in [4.78, 5) is 13.6. The molecule has 0 aromatic heterocycles. The van der Waals surface area contributed by atoms with E-state index >= 15 is 0 Å². The van der Waals surface area contributed by atoms with Crippen molar-refractivity contribution in [2.24, 2.45) is 11.8 Å².